The van der Waals surface area contributed by atoms with Crippen molar-refractivity contribution in [1.29, 1.82) is 0 Å². The summed E-state index contributed by atoms with van der Waals surface area (Å²) >= 11 is 0. The van der Waals surface area contributed by atoms with Gasteiger partial charge >= 0.3 is 0 Å². The lowest BCUT2D eigenvalue weighted by Crippen LogP contribution is -2.46. The van der Waals surface area contributed by atoms with E-state index in [2.05, 4.69) is 15.5 Å². The number of carbonyl (C=O) groups excluding carboxylic acids is 2. The van der Waals surface area contributed by atoms with Gasteiger partial charge in [-0.3, -0.25) is 9.59 Å². The molecule has 2 atom stereocenters. The third-order valence-corrected chi connectivity index (χ3v) is 5.26. The number of benzene rings is 1. The summed E-state index contributed by atoms with van der Waals surface area (Å²) in [7, 11) is 0. The number of amides is 2. The first kappa shape index (κ1) is 19.9. The van der Waals surface area contributed by atoms with Crippen molar-refractivity contribution < 1.29 is 20.6 Å². The predicted octanol–water partition coefficient (Wildman–Crippen LogP) is 2.04. The van der Waals surface area contributed by atoms with Gasteiger partial charge in [0.1, 0.15) is 11.8 Å². The zero-order valence-corrected chi connectivity index (χ0v) is 16.7. The van der Waals surface area contributed by atoms with Gasteiger partial charge in [0.15, 0.2) is 0 Å². The predicted molar refractivity (Wildman–Crippen MR) is 111 cm³/mol. The van der Waals surface area contributed by atoms with Crippen LogP contribution in [0.3, 0.4) is 0 Å². The van der Waals surface area contributed by atoms with Gasteiger partial charge in [-0.1, -0.05) is 29.4 Å². The molecule has 0 aliphatic carbocycles. The standard InChI is InChI=1S/C22H24N4O4.H2/c1-14-8-19(30-25-14)10-21(28)26-13-18(27)9-20(26)22(29)24-11-15-2-4-16(5-3-15)17-6-7-23-12-17;/h2-8,12,18,20,23,27H,9-11,13H2,1H3,(H,24,29);1H/t18-,20+;/m1./s1. The van der Waals surface area contributed by atoms with Crippen molar-refractivity contribution >= 4 is 11.8 Å². The summed E-state index contributed by atoms with van der Waals surface area (Å²) in [5.41, 5.74) is 3.83. The van der Waals surface area contributed by atoms with Crippen molar-refractivity contribution in [2.24, 2.45) is 0 Å². The van der Waals surface area contributed by atoms with E-state index in [4.69, 9.17) is 4.52 Å². The molecule has 1 aliphatic heterocycles. The molecule has 1 aliphatic rings. The number of likely N-dealkylation sites (tertiary alicyclic amines) is 1. The average molecular weight is 410 g/mol. The Morgan fingerprint density at radius 2 is 2.10 bits per heavy atom. The minimum Gasteiger partial charge on any atom is -0.391 e. The Kier molecular flexibility index (Phi) is 5.67. The van der Waals surface area contributed by atoms with Gasteiger partial charge in [-0.05, 0) is 29.7 Å². The maximum Gasteiger partial charge on any atom is 0.243 e. The van der Waals surface area contributed by atoms with E-state index in [9.17, 15) is 14.7 Å². The first-order chi connectivity index (χ1) is 14.5. The quantitative estimate of drug-likeness (QED) is 0.576. The molecule has 0 unspecified atom stereocenters. The van der Waals surface area contributed by atoms with Gasteiger partial charge in [0, 0.05) is 39.4 Å². The van der Waals surface area contributed by atoms with Crippen molar-refractivity contribution in [2.75, 3.05) is 6.54 Å². The van der Waals surface area contributed by atoms with Crippen LogP contribution in [0.2, 0.25) is 0 Å². The third-order valence-electron chi connectivity index (χ3n) is 5.26. The summed E-state index contributed by atoms with van der Waals surface area (Å²) in [4.78, 5) is 29.8. The molecule has 0 bridgehead atoms. The molecule has 2 aromatic heterocycles. The van der Waals surface area contributed by atoms with Crippen molar-refractivity contribution in [1.82, 2.24) is 20.4 Å². The van der Waals surface area contributed by atoms with E-state index < -0.39 is 12.1 Å². The van der Waals surface area contributed by atoms with Gasteiger partial charge < -0.3 is 24.8 Å². The van der Waals surface area contributed by atoms with Crippen molar-refractivity contribution in [3.8, 4) is 11.1 Å². The number of aromatic amines is 1. The maximum absolute atomic E-state index is 12.7. The Labute approximate surface area is 175 Å². The summed E-state index contributed by atoms with van der Waals surface area (Å²) in [5.74, 6) is -0.0948. The van der Waals surface area contributed by atoms with E-state index in [0.29, 0.717) is 18.0 Å². The Morgan fingerprint density at radius 3 is 2.77 bits per heavy atom. The first-order valence-electron chi connectivity index (χ1n) is 9.89. The van der Waals surface area contributed by atoms with E-state index in [0.717, 1.165) is 16.7 Å². The van der Waals surface area contributed by atoms with Crippen molar-refractivity contribution in [3.63, 3.8) is 0 Å². The van der Waals surface area contributed by atoms with E-state index in [1.54, 1.807) is 13.0 Å². The van der Waals surface area contributed by atoms with Crippen LogP contribution < -0.4 is 5.32 Å². The monoisotopic (exact) mass is 410 g/mol. The number of aryl methyl sites for hydroxylation is 1. The summed E-state index contributed by atoms with van der Waals surface area (Å²) in [6.07, 6.45) is 3.31. The van der Waals surface area contributed by atoms with Crippen LogP contribution in [0.25, 0.3) is 11.1 Å². The SMILES string of the molecule is Cc1cc(CC(=O)N2C[C@H](O)C[C@H]2C(=O)NCc2ccc(-c3cc[nH]c3)cc2)on1.[HH]. The molecule has 3 aromatic rings. The lowest BCUT2D eigenvalue weighted by atomic mass is 10.1. The lowest BCUT2D eigenvalue weighted by Gasteiger charge is -2.23. The number of nitrogens with zero attached hydrogens (tertiary/aromatic N) is 2. The zero-order chi connectivity index (χ0) is 21.1. The normalized spacial score (nSPS) is 18.5. The van der Waals surface area contributed by atoms with E-state index in [-0.39, 0.29) is 32.6 Å². The molecule has 3 heterocycles. The highest BCUT2D eigenvalue weighted by molar-refractivity contribution is 5.89. The molecule has 0 spiro atoms. The van der Waals surface area contributed by atoms with Crippen molar-refractivity contribution in [3.05, 3.63) is 65.8 Å². The number of H-pyrrole nitrogens is 1. The average Bonchev–Trinajstić information content (AvgIpc) is 3.48. The van der Waals surface area contributed by atoms with Crippen LogP contribution in [0.5, 0.6) is 0 Å². The van der Waals surface area contributed by atoms with E-state index in [1.165, 1.54) is 4.90 Å². The van der Waals surface area contributed by atoms with Gasteiger partial charge in [0.25, 0.3) is 0 Å². The summed E-state index contributed by atoms with van der Waals surface area (Å²) in [5, 5.41) is 16.7. The second-order valence-corrected chi connectivity index (χ2v) is 7.58. The molecule has 30 heavy (non-hydrogen) atoms. The minimum atomic E-state index is -0.721. The maximum atomic E-state index is 12.7. The fourth-order valence-corrected chi connectivity index (χ4v) is 3.71. The topological polar surface area (TPSA) is 111 Å². The molecular formula is C22H26N4O4. The smallest absolute Gasteiger partial charge is 0.243 e. The number of aliphatic hydroxyl groups is 1. The molecule has 0 saturated carbocycles. The minimum absolute atomic E-state index is 0. The number of rotatable bonds is 6. The second-order valence-electron chi connectivity index (χ2n) is 7.58. The second kappa shape index (κ2) is 8.54. The Morgan fingerprint density at radius 1 is 1.30 bits per heavy atom. The molecule has 4 rings (SSSR count). The van der Waals surface area contributed by atoms with E-state index >= 15 is 0 Å². The third kappa shape index (κ3) is 4.44. The highest BCUT2D eigenvalue weighted by Crippen LogP contribution is 2.21. The van der Waals surface area contributed by atoms with Crippen LogP contribution in [0, 0.1) is 6.92 Å². The van der Waals surface area contributed by atoms with Crippen LogP contribution in [0.15, 0.2) is 53.3 Å². The zero-order valence-electron chi connectivity index (χ0n) is 16.7. The molecular weight excluding hydrogens is 384 g/mol. The van der Waals surface area contributed by atoms with Crippen LogP contribution in [-0.4, -0.2) is 50.7 Å². The number of hydrogen-bond donors (Lipinski definition) is 3. The van der Waals surface area contributed by atoms with Crippen LogP contribution in [0.1, 0.15) is 24.9 Å². The van der Waals surface area contributed by atoms with Crippen LogP contribution >= 0.6 is 0 Å². The van der Waals surface area contributed by atoms with Gasteiger partial charge in [-0.15, -0.1) is 0 Å². The van der Waals surface area contributed by atoms with Crippen LogP contribution in [-0.2, 0) is 22.6 Å². The number of β-amino-alcohol motifs (C(OH)–C–C–N with tert-alkyl or cyclic N) is 1. The molecule has 158 valence electrons. The summed E-state index contributed by atoms with van der Waals surface area (Å²) in [6.45, 7) is 2.26. The Hall–Kier alpha value is -3.39. The largest absolute Gasteiger partial charge is 0.391 e. The Bertz CT molecular complexity index is 1020. The molecule has 8 heteroatoms. The molecule has 1 aromatic carbocycles. The highest BCUT2D eigenvalue weighted by Gasteiger charge is 2.38. The number of hydrogen-bond acceptors (Lipinski definition) is 5. The molecule has 3 N–H and O–H groups in total. The van der Waals surface area contributed by atoms with Gasteiger partial charge in [-0.25, -0.2) is 0 Å². The highest BCUT2D eigenvalue weighted by atomic mass is 16.5. The number of nitrogens with one attached hydrogen (secondary N) is 2. The molecule has 1 fully saturated rings. The number of aromatic nitrogens is 2. The summed E-state index contributed by atoms with van der Waals surface area (Å²) < 4.78 is 5.10. The fraction of sp³-hybridized carbons (Fsp3) is 0.318. The van der Waals surface area contributed by atoms with Crippen LogP contribution in [0.4, 0.5) is 0 Å². The van der Waals surface area contributed by atoms with Gasteiger partial charge in [-0.2, -0.15) is 0 Å². The molecule has 8 nitrogen and oxygen atoms in total. The molecule has 0 radical (unpaired) electrons. The lowest BCUT2D eigenvalue weighted by molar-refractivity contribution is -0.138. The van der Waals surface area contributed by atoms with Gasteiger partial charge in [0.2, 0.25) is 11.8 Å². The Balaban J connectivity index is 0.00000272. The van der Waals surface area contributed by atoms with E-state index in [1.807, 2.05) is 42.7 Å². The fourth-order valence-electron chi connectivity index (χ4n) is 3.71. The van der Waals surface area contributed by atoms with Crippen molar-refractivity contribution in [2.45, 2.75) is 38.5 Å². The first-order valence-corrected chi connectivity index (χ1v) is 9.89. The molecule has 2 amide bonds. The summed E-state index contributed by atoms with van der Waals surface area (Å²) in [6, 6.07) is 10.9. The van der Waals surface area contributed by atoms with Gasteiger partial charge in [0.05, 0.1) is 18.2 Å². The molecule has 1 saturated heterocycles. The number of aliphatic hydroxyl groups excluding tert-OH is 1. The number of carbonyl (C=O) groups is 2.